The molecule has 1 amide bonds. The van der Waals surface area contributed by atoms with E-state index in [2.05, 4.69) is 11.7 Å². The molecule has 0 aromatic heterocycles. The second-order valence-electron chi connectivity index (χ2n) is 5.42. The van der Waals surface area contributed by atoms with E-state index in [1.165, 1.54) is 0 Å². The number of hydrogen-bond donors (Lipinski definition) is 2. The number of aliphatic hydroxyl groups is 1. The lowest BCUT2D eigenvalue weighted by molar-refractivity contribution is 0.0747. The highest BCUT2D eigenvalue weighted by molar-refractivity contribution is 5.99. The molecule has 0 saturated carbocycles. The Hall–Kier alpha value is -2.66. The molecule has 0 aliphatic rings. The van der Waals surface area contributed by atoms with Gasteiger partial charge in [-0.1, -0.05) is 80.4 Å². The molecule has 0 heterocycles. The number of carbonyl (C=O) groups excluding carboxylic acids is 2. The summed E-state index contributed by atoms with van der Waals surface area (Å²) in [6.07, 6.45) is 1.38. The van der Waals surface area contributed by atoms with E-state index >= 15 is 0 Å². The van der Waals surface area contributed by atoms with E-state index in [0.29, 0.717) is 17.7 Å². The fourth-order valence-electron chi connectivity index (χ4n) is 2.07. The number of primary amides is 1. The van der Waals surface area contributed by atoms with Gasteiger partial charge in [0.25, 0.3) is 0 Å². The van der Waals surface area contributed by atoms with Crippen LogP contribution in [0.2, 0.25) is 0 Å². The van der Waals surface area contributed by atoms with Crippen LogP contribution in [-0.4, -0.2) is 23.6 Å². The van der Waals surface area contributed by atoms with Crippen LogP contribution in [0.15, 0.2) is 60.7 Å². The maximum atomic E-state index is 11.9. The Morgan fingerprint density at radius 1 is 1.00 bits per heavy atom. The van der Waals surface area contributed by atoms with Crippen LogP contribution in [0, 0.1) is 0 Å². The van der Waals surface area contributed by atoms with Crippen LogP contribution < -0.4 is 5.73 Å². The summed E-state index contributed by atoms with van der Waals surface area (Å²) < 4.78 is 4.48. The van der Waals surface area contributed by atoms with Crippen molar-refractivity contribution in [3.05, 3.63) is 71.8 Å². The molecular weight excluding hydrogens is 318 g/mol. The van der Waals surface area contributed by atoms with E-state index in [-0.39, 0.29) is 5.78 Å². The lowest BCUT2D eigenvalue weighted by Crippen LogP contribution is -2.13. The summed E-state index contributed by atoms with van der Waals surface area (Å²) >= 11 is 0. The average molecular weight is 343 g/mol. The van der Waals surface area contributed by atoms with Gasteiger partial charge in [-0.15, -0.1) is 0 Å². The zero-order valence-corrected chi connectivity index (χ0v) is 14.4. The van der Waals surface area contributed by atoms with Crippen molar-refractivity contribution >= 4 is 11.9 Å². The number of unbranched alkanes of at least 4 members (excludes halogenated alkanes) is 2. The zero-order valence-electron chi connectivity index (χ0n) is 14.4. The van der Waals surface area contributed by atoms with Gasteiger partial charge in [0.1, 0.15) is 6.10 Å². The lowest BCUT2D eigenvalue weighted by atomic mass is 10.0. The molecule has 0 aliphatic heterocycles. The zero-order chi connectivity index (χ0) is 18.5. The minimum atomic E-state index is -1.08. The number of ketones is 1. The highest BCUT2D eigenvalue weighted by atomic mass is 16.5. The molecule has 5 nitrogen and oxygen atoms in total. The summed E-state index contributed by atoms with van der Waals surface area (Å²) in [4.78, 5) is 21.9. The predicted molar refractivity (Wildman–Crippen MR) is 97.2 cm³/mol. The number of carbonyl (C=O) groups is 2. The van der Waals surface area contributed by atoms with Crippen molar-refractivity contribution < 1.29 is 19.4 Å². The quantitative estimate of drug-likeness (QED) is 0.590. The molecule has 3 N–H and O–H groups in total. The summed E-state index contributed by atoms with van der Waals surface area (Å²) in [5, 5.41) is 9.89. The van der Waals surface area contributed by atoms with Gasteiger partial charge in [0.05, 0.1) is 6.61 Å². The van der Waals surface area contributed by atoms with Crippen LogP contribution in [0.1, 0.15) is 48.2 Å². The number of aliphatic hydroxyl groups excluding tert-OH is 1. The van der Waals surface area contributed by atoms with Crippen molar-refractivity contribution in [2.75, 3.05) is 6.61 Å². The van der Waals surface area contributed by atoms with Gasteiger partial charge in [-0.2, -0.15) is 0 Å². The van der Waals surface area contributed by atoms with E-state index in [1.54, 1.807) is 48.5 Å². The Morgan fingerprint density at radius 2 is 1.56 bits per heavy atom. The number of hydrogen-bond acceptors (Lipinski definition) is 4. The van der Waals surface area contributed by atoms with Crippen LogP contribution >= 0.6 is 0 Å². The number of ether oxygens (including phenoxy) is 1. The molecule has 0 aliphatic carbocycles. The van der Waals surface area contributed by atoms with Gasteiger partial charge in [-0.25, -0.2) is 4.79 Å². The molecule has 2 rings (SSSR count). The summed E-state index contributed by atoms with van der Waals surface area (Å²) in [5.41, 5.74) is 5.86. The summed E-state index contributed by atoms with van der Waals surface area (Å²) in [5.74, 6) is -0.271. The van der Waals surface area contributed by atoms with Crippen LogP contribution in [0.4, 0.5) is 4.79 Å². The summed E-state index contributed by atoms with van der Waals surface area (Å²) in [7, 11) is 0. The molecule has 134 valence electrons. The summed E-state index contributed by atoms with van der Waals surface area (Å²) in [6, 6.07) is 17.7. The highest BCUT2D eigenvalue weighted by Crippen LogP contribution is 2.17. The van der Waals surface area contributed by atoms with E-state index in [0.717, 1.165) is 19.3 Å². The van der Waals surface area contributed by atoms with Crippen LogP contribution in [0.3, 0.4) is 0 Å². The smallest absolute Gasteiger partial charge is 0.404 e. The third-order valence-electron chi connectivity index (χ3n) is 3.41. The molecule has 2 aromatic rings. The first-order valence-electron chi connectivity index (χ1n) is 8.30. The normalized spacial score (nSPS) is 11.0. The number of Topliss-reactive ketones (excluding diaryl/α,β-unsaturated/α-hetero) is 1. The van der Waals surface area contributed by atoms with E-state index < -0.39 is 12.2 Å². The Labute approximate surface area is 148 Å². The van der Waals surface area contributed by atoms with Crippen molar-refractivity contribution in [3.63, 3.8) is 0 Å². The van der Waals surface area contributed by atoms with Gasteiger partial charge in [0, 0.05) is 5.56 Å². The number of nitrogens with two attached hydrogens (primary N) is 1. The number of amides is 1. The molecule has 0 spiro atoms. The summed E-state index contributed by atoms with van der Waals surface area (Å²) in [6.45, 7) is 2.55. The third kappa shape index (κ3) is 8.13. The molecule has 5 heteroatoms. The first-order chi connectivity index (χ1) is 12.1. The number of rotatable bonds is 7. The van der Waals surface area contributed by atoms with Crippen molar-refractivity contribution in [3.8, 4) is 0 Å². The van der Waals surface area contributed by atoms with E-state index in [4.69, 9.17) is 5.73 Å². The predicted octanol–water partition coefficient (Wildman–Crippen LogP) is 3.87. The maximum absolute atomic E-state index is 11.9. The van der Waals surface area contributed by atoms with Gasteiger partial charge < -0.3 is 15.6 Å². The minimum absolute atomic E-state index is 0.271. The SMILES string of the molecule is CCCCCOC(N)=O.O=C(c1ccccc1)C(O)c1ccccc1. The van der Waals surface area contributed by atoms with Gasteiger partial charge >= 0.3 is 6.09 Å². The van der Waals surface area contributed by atoms with Crippen LogP contribution in [0.25, 0.3) is 0 Å². The molecule has 0 bridgehead atoms. The molecule has 1 atom stereocenters. The molecule has 2 aromatic carbocycles. The standard InChI is InChI=1S/C14H12O2.C6H13NO2/c15-13(11-7-3-1-4-8-11)14(16)12-9-5-2-6-10-12;1-2-3-4-5-9-6(7)8/h1-10,13,15H;2-5H2,1H3,(H2,7,8). The third-order valence-corrected chi connectivity index (χ3v) is 3.41. The lowest BCUT2D eigenvalue weighted by Gasteiger charge is -2.09. The monoisotopic (exact) mass is 343 g/mol. The highest BCUT2D eigenvalue weighted by Gasteiger charge is 2.18. The molecule has 0 saturated heterocycles. The average Bonchev–Trinajstić information content (AvgIpc) is 2.66. The Morgan fingerprint density at radius 3 is 2.08 bits per heavy atom. The number of benzene rings is 2. The van der Waals surface area contributed by atoms with Gasteiger partial charge in [-0.05, 0) is 12.0 Å². The van der Waals surface area contributed by atoms with Crippen molar-refractivity contribution in [1.82, 2.24) is 0 Å². The second kappa shape index (κ2) is 11.8. The topological polar surface area (TPSA) is 89.6 Å². The first kappa shape index (κ1) is 20.4. The van der Waals surface area contributed by atoms with Crippen LogP contribution in [0.5, 0.6) is 0 Å². The fourth-order valence-corrected chi connectivity index (χ4v) is 2.07. The fraction of sp³-hybridized carbons (Fsp3) is 0.300. The molecule has 0 radical (unpaired) electrons. The molecule has 25 heavy (non-hydrogen) atoms. The second-order valence-corrected chi connectivity index (χ2v) is 5.42. The van der Waals surface area contributed by atoms with E-state index in [9.17, 15) is 14.7 Å². The van der Waals surface area contributed by atoms with Crippen molar-refractivity contribution in [1.29, 1.82) is 0 Å². The van der Waals surface area contributed by atoms with Crippen molar-refractivity contribution in [2.24, 2.45) is 5.73 Å². The maximum Gasteiger partial charge on any atom is 0.404 e. The molecular formula is C20H25NO4. The van der Waals surface area contributed by atoms with Gasteiger partial charge in [0.15, 0.2) is 5.78 Å². The van der Waals surface area contributed by atoms with Crippen molar-refractivity contribution in [2.45, 2.75) is 32.3 Å². The molecule has 1 unspecified atom stereocenters. The minimum Gasteiger partial charge on any atom is -0.450 e. The Bertz CT molecular complexity index is 629. The largest absolute Gasteiger partial charge is 0.450 e. The Kier molecular flexibility index (Phi) is 9.63. The van der Waals surface area contributed by atoms with Gasteiger partial charge in [0.2, 0.25) is 0 Å². The van der Waals surface area contributed by atoms with Crippen LogP contribution in [-0.2, 0) is 4.74 Å². The van der Waals surface area contributed by atoms with Gasteiger partial charge in [-0.3, -0.25) is 4.79 Å². The Balaban J connectivity index is 0.000000299. The first-order valence-corrected chi connectivity index (χ1v) is 8.30. The molecule has 0 fully saturated rings. The van der Waals surface area contributed by atoms with E-state index in [1.807, 2.05) is 12.1 Å².